The monoisotopic (exact) mass is 488 g/mol. The lowest BCUT2D eigenvalue weighted by atomic mass is 10.00. The van der Waals surface area contributed by atoms with Crippen LogP contribution in [0.1, 0.15) is 49.7 Å². The average Bonchev–Trinajstić information content (AvgIpc) is 3.25. The Hall–Kier alpha value is -1.93. The van der Waals surface area contributed by atoms with Crippen molar-refractivity contribution in [3.63, 3.8) is 0 Å². The molecule has 2 unspecified atom stereocenters. The van der Waals surface area contributed by atoms with Gasteiger partial charge in [-0.25, -0.2) is 0 Å². The number of nitrogens with zero attached hydrogens (tertiary/aromatic N) is 2. The highest BCUT2D eigenvalue weighted by molar-refractivity contribution is 7.10. The van der Waals surface area contributed by atoms with Crippen LogP contribution in [0.2, 0.25) is 0 Å². The Labute approximate surface area is 208 Å². The van der Waals surface area contributed by atoms with E-state index in [1.165, 1.54) is 16.0 Å². The molecule has 0 spiro atoms. The van der Waals surface area contributed by atoms with E-state index in [4.69, 9.17) is 9.47 Å². The van der Waals surface area contributed by atoms with Crippen LogP contribution in [0.3, 0.4) is 0 Å². The summed E-state index contributed by atoms with van der Waals surface area (Å²) < 4.78 is 11.7. The number of hydrogen-bond acceptors (Lipinski definition) is 6. The van der Waals surface area contributed by atoms with Crippen LogP contribution in [0.4, 0.5) is 0 Å². The summed E-state index contributed by atoms with van der Waals surface area (Å²) in [5.74, 6) is 1.28. The lowest BCUT2D eigenvalue weighted by molar-refractivity contribution is -0.136. The van der Waals surface area contributed by atoms with E-state index >= 15 is 0 Å². The Morgan fingerprint density at radius 1 is 1.18 bits per heavy atom. The van der Waals surface area contributed by atoms with E-state index in [-0.39, 0.29) is 31.2 Å². The molecule has 2 atom stereocenters. The molecule has 0 fully saturated rings. The number of aryl methyl sites for hydroxylation is 1. The van der Waals surface area contributed by atoms with Gasteiger partial charge in [0.25, 0.3) is 0 Å². The maximum Gasteiger partial charge on any atom is 0.237 e. The maximum atomic E-state index is 13.6. The molecule has 6 nitrogen and oxygen atoms in total. The number of amides is 1. The van der Waals surface area contributed by atoms with Crippen LogP contribution >= 0.6 is 11.3 Å². The number of thiophene rings is 1. The zero-order valence-electron chi connectivity index (χ0n) is 21.2. The summed E-state index contributed by atoms with van der Waals surface area (Å²) in [6.45, 7) is 13.0. The summed E-state index contributed by atoms with van der Waals surface area (Å²) in [5, 5.41) is 12.6. The lowest BCUT2D eigenvalue weighted by Gasteiger charge is -2.37. The van der Waals surface area contributed by atoms with Gasteiger partial charge in [-0.3, -0.25) is 9.69 Å². The minimum Gasteiger partial charge on any atom is -0.491 e. The molecule has 1 aliphatic heterocycles. The highest BCUT2D eigenvalue weighted by Gasteiger charge is 2.33. The largest absolute Gasteiger partial charge is 0.491 e. The second kappa shape index (κ2) is 12.7. The SMILES string of the molecule is Cc1ccc(OCC2c3ccsc3CCN2C(=O)CN(CC(C)C)CC(O)COC(C)C)cc1. The van der Waals surface area contributed by atoms with Gasteiger partial charge in [0.1, 0.15) is 12.4 Å². The topological polar surface area (TPSA) is 62.2 Å². The molecule has 1 aromatic heterocycles. The lowest BCUT2D eigenvalue weighted by Crippen LogP contribution is -2.48. The molecule has 1 amide bonds. The van der Waals surface area contributed by atoms with E-state index in [9.17, 15) is 9.90 Å². The predicted molar refractivity (Wildman–Crippen MR) is 138 cm³/mol. The zero-order valence-corrected chi connectivity index (χ0v) is 22.0. The number of hydrogen-bond donors (Lipinski definition) is 1. The fourth-order valence-corrected chi connectivity index (χ4v) is 5.27. The van der Waals surface area contributed by atoms with Crippen molar-refractivity contribution in [3.8, 4) is 5.75 Å². The van der Waals surface area contributed by atoms with E-state index in [0.29, 0.717) is 25.6 Å². The van der Waals surface area contributed by atoms with Crippen molar-refractivity contribution in [1.82, 2.24) is 9.80 Å². The van der Waals surface area contributed by atoms with Crippen molar-refractivity contribution in [1.29, 1.82) is 0 Å². The van der Waals surface area contributed by atoms with Crippen LogP contribution < -0.4 is 4.74 Å². The Kier molecular flexibility index (Phi) is 9.95. The van der Waals surface area contributed by atoms with Crippen molar-refractivity contribution in [2.45, 2.75) is 59.3 Å². The normalized spacial score (nSPS) is 16.9. The van der Waals surface area contributed by atoms with Gasteiger partial charge in [0.15, 0.2) is 0 Å². The molecule has 34 heavy (non-hydrogen) atoms. The van der Waals surface area contributed by atoms with Crippen molar-refractivity contribution >= 4 is 17.2 Å². The second-order valence-corrected chi connectivity index (χ2v) is 10.9. The van der Waals surface area contributed by atoms with Gasteiger partial charge in [0.2, 0.25) is 5.91 Å². The molecule has 0 saturated heterocycles. The van der Waals surface area contributed by atoms with Crippen LogP contribution in [0, 0.1) is 12.8 Å². The van der Waals surface area contributed by atoms with Crippen LogP contribution in [0.15, 0.2) is 35.7 Å². The molecule has 0 radical (unpaired) electrons. The van der Waals surface area contributed by atoms with E-state index in [1.807, 2.05) is 43.0 Å². The molecular weight excluding hydrogens is 448 g/mol. The molecule has 7 heteroatoms. The molecule has 188 valence electrons. The highest BCUT2D eigenvalue weighted by Crippen LogP contribution is 2.34. The number of aliphatic hydroxyl groups excluding tert-OH is 1. The van der Waals surface area contributed by atoms with Gasteiger partial charge in [-0.05, 0) is 62.3 Å². The Bertz CT molecular complexity index is 896. The van der Waals surface area contributed by atoms with Crippen LogP contribution in [-0.2, 0) is 16.0 Å². The van der Waals surface area contributed by atoms with Crippen LogP contribution in [0.25, 0.3) is 0 Å². The van der Waals surface area contributed by atoms with Gasteiger partial charge < -0.3 is 19.5 Å². The van der Waals surface area contributed by atoms with Gasteiger partial charge in [-0.15, -0.1) is 11.3 Å². The van der Waals surface area contributed by atoms with Crippen molar-refractivity contribution in [3.05, 3.63) is 51.7 Å². The van der Waals surface area contributed by atoms with Crippen molar-refractivity contribution < 1.29 is 19.4 Å². The number of aliphatic hydroxyl groups is 1. The number of benzene rings is 1. The van der Waals surface area contributed by atoms with E-state index in [0.717, 1.165) is 18.7 Å². The number of fused-ring (bicyclic) bond motifs is 1. The highest BCUT2D eigenvalue weighted by atomic mass is 32.1. The summed E-state index contributed by atoms with van der Waals surface area (Å²) in [7, 11) is 0. The fraction of sp³-hybridized carbons (Fsp3) is 0.593. The Morgan fingerprint density at radius 3 is 2.59 bits per heavy atom. The molecule has 3 rings (SSSR count). The summed E-state index contributed by atoms with van der Waals surface area (Å²) in [6, 6.07) is 10.0. The minimum absolute atomic E-state index is 0.0669. The average molecular weight is 489 g/mol. The molecule has 2 heterocycles. The first-order chi connectivity index (χ1) is 16.2. The zero-order chi connectivity index (χ0) is 24.7. The number of rotatable bonds is 12. The molecule has 0 saturated carbocycles. The van der Waals surface area contributed by atoms with Gasteiger partial charge in [0, 0.05) is 24.5 Å². The molecular formula is C27H40N2O4S. The Balaban J connectivity index is 1.69. The molecule has 0 aliphatic carbocycles. The van der Waals surface area contributed by atoms with E-state index in [1.54, 1.807) is 11.3 Å². The first-order valence-corrected chi connectivity index (χ1v) is 13.2. The number of carbonyl (C=O) groups is 1. The van der Waals surface area contributed by atoms with Gasteiger partial charge in [0.05, 0.1) is 31.4 Å². The summed E-state index contributed by atoms with van der Waals surface area (Å²) in [6.07, 6.45) is 0.311. The first-order valence-electron chi connectivity index (χ1n) is 12.3. The second-order valence-electron chi connectivity index (χ2n) is 9.90. The van der Waals surface area contributed by atoms with E-state index in [2.05, 4.69) is 37.1 Å². The van der Waals surface area contributed by atoms with Gasteiger partial charge in [-0.2, -0.15) is 0 Å². The number of ether oxygens (including phenoxy) is 2. The standard InChI is InChI=1S/C27H40N2O4S/c1-19(2)14-28(15-22(30)17-32-20(3)4)16-27(31)29-12-10-26-24(11-13-34-26)25(29)18-33-23-8-6-21(5)7-9-23/h6-9,11,13,19-20,22,25,30H,10,12,14-18H2,1-5H3. The summed E-state index contributed by atoms with van der Waals surface area (Å²) >= 11 is 1.75. The predicted octanol–water partition coefficient (Wildman–Crippen LogP) is 4.31. The minimum atomic E-state index is -0.626. The molecule has 1 N–H and O–H groups in total. The Morgan fingerprint density at radius 2 is 1.91 bits per heavy atom. The first kappa shape index (κ1) is 26.7. The van der Waals surface area contributed by atoms with Gasteiger partial charge in [-0.1, -0.05) is 31.5 Å². The van der Waals surface area contributed by atoms with E-state index < -0.39 is 6.10 Å². The molecule has 2 aromatic rings. The van der Waals surface area contributed by atoms with Crippen LogP contribution in [0.5, 0.6) is 5.75 Å². The molecule has 1 aromatic carbocycles. The maximum absolute atomic E-state index is 13.6. The van der Waals surface area contributed by atoms with Crippen molar-refractivity contribution in [2.75, 3.05) is 39.4 Å². The fourth-order valence-electron chi connectivity index (χ4n) is 4.34. The third-order valence-electron chi connectivity index (χ3n) is 5.92. The third kappa shape index (κ3) is 7.80. The number of carbonyl (C=O) groups excluding carboxylic acids is 1. The smallest absolute Gasteiger partial charge is 0.237 e. The van der Waals surface area contributed by atoms with Crippen molar-refractivity contribution in [2.24, 2.45) is 5.92 Å². The molecule has 1 aliphatic rings. The van der Waals surface area contributed by atoms with Gasteiger partial charge >= 0.3 is 0 Å². The van der Waals surface area contributed by atoms with Crippen LogP contribution in [-0.4, -0.2) is 72.4 Å². The molecule has 0 bridgehead atoms. The summed E-state index contributed by atoms with van der Waals surface area (Å²) in [5.41, 5.74) is 2.38. The summed E-state index contributed by atoms with van der Waals surface area (Å²) in [4.78, 5) is 18.9. The third-order valence-corrected chi connectivity index (χ3v) is 6.91. The quantitative estimate of drug-likeness (QED) is 0.483.